The van der Waals surface area contributed by atoms with Crippen LogP contribution in [0.4, 0.5) is 10.1 Å². The Morgan fingerprint density at radius 1 is 1.44 bits per heavy atom. The summed E-state index contributed by atoms with van der Waals surface area (Å²) in [7, 11) is 0. The molecular formula is C11H14FNO2S. The van der Waals surface area contributed by atoms with E-state index in [0.29, 0.717) is 11.3 Å². The van der Waals surface area contributed by atoms with Crippen LogP contribution in [0.5, 0.6) is 0 Å². The molecule has 0 aliphatic rings. The van der Waals surface area contributed by atoms with Crippen LogP contribution >= 0.6 is 11.8 Å². The van der Waals surface area contributed by atoms with Gasteiger partial charge in [-0.25, -0.2) is 0 Å². The third-order valence-corrected chi connectivity index (χ3v) is 3.24. The molecule has 16 heavy (non-hydrogen) atoms. The monoisotopic (exact) mass is 243 g/mol. The minimum Gasteiger partial charge on any atom is -0.258 e. The fourth-order valence-corrected chi connectivity index (χ4v) is 1.92. The van der Waals surface area contributed by atoms with Crippen LogP contribution in [-0.4, -0.2) is 9.67 Å². The van der Waals surface area contributed by atoms with Crippen LogP contribution in [0.25, 0.3) is 0 Å². The fourth-order valence-electron chi connectivity index (χ4n) is 1.11. The van der Waals surface area contributed by atoms with E-state index in [9.17, 15) is 14.5 Å². The second-order valence-corrected chi connectivity index (χ2v) is 6.21. The van der Waals surface area contributed by atoms with Crippen molar-refractivity contribution in [1.82, 2.24) is 0 Å². The summed E-state index contributed by atoms with van der Waals surface area (Å²) in [5.74, 6) is -0.277. The van der Waals surface area contributed by atoms with Gasteiger partial charge in [0.2, 0.25) is 5.82 Å². The van der Waals surface area contributed by atoms with E-state index in [2.05, 4.69) is 0 Å². The van der Waals surface area contributed by atoms with Crippen LogP contribution < -0.4 is 0 Å². The normalized spacial score (nSPS) is 11.5. The van der Waals surface area contributed by atoms with Crippen molar-refractivity contribution in [1.29, 1.82) is 0 Å². The topological polar surface area (TPSA) is 43.1 Å². The van der Waals surface area contributed by atoms with Gasteiger partial charge in [-0.05, 0) is 0 Å². The van der Waals surface area contributed by atoms with E-state index in [1.54, 1.807) is 17.8 Å². The molecule has 1 aromatic rings. The van der Waals surface area contributed by atoms with Crippen molar-refractivity contribution in [2.75, 3.05) is 0 Å². The Balaban J connectivity index is 2.90. The van der Waals surface area contributed by atoms with Crippen molar-refractivity contribution in [3.63, 3.8) is 0 Å². The zero-order chi connectivity index (χ0) is 12.3. The number of hydrogen-bond acceptors (Lipinski definition) is 3. The van der Waals surface area contributed by atoms with Gasteiger partial charge >= 0.3 is 5.69 Å². The number of thioether (sulfide) groups is 1. The minimum atomic E-state index is -0.718. The first-order valence-corrected chi connectivity index (χ1v) is 5.85. The summed E-state index contributed by atoms with van der Waals surface area (Å²) in [6.07, 6.45) is 0. The molecule has 0 aliphatic heterocycles. The maximum atomic E-state index is 13.6. The number of nitro groups is 1. The van der Waals surface area contributed by atoms with Crippen LogP contribution in [-0.2, 0) is 5.75 Å². The van der Waals surface area contributed by atoms with Crippen molar-refractivity contribution in [2.45, 2.75) is 31.3 Å². The molecule has 0 radical (unpaired) electrons. The van der Waals surface area contributed by atoms with Gasteiger partial charge in [-0.3, -0.25) is 10.1 Å². The van der Waals surface area contributed by atoms with E-state index in [4.69, 9.17) is 0 Å². The summed E-state index contributed by atoms with van der Waals surface area (Å²) in [5.41, 5.74) is -0.0684. The zero-order valence-electron chi connectivity index (χ0n) is 9.49. The summed E-state index contributed by atoms with van der Waals surface area (Å²) in [6, 6.07) is 4.28. The molecular weight excluding hydrogens is 229 g/mol. The number of hydrogen-bond donors (Lipinski definition) is 0. The highest BCUT2D eigenvalue weighted by molar-refractivity contribution is 7.99. The Morgan fingerprint density at radius 3 is 2.56 bits per heavy atom. The molecule has 1 rings (SSSR count). The van der Waals surface area contributed by atoms with E-state index in [0.717, 1.165) is 0 Å². The SMILES string of the molecule is CC(C)(C)SCc1cccc([N+](=O)[O-])c1F. The second-order valence-electron chi connectivity index (χ2n) is 4.41. The number of nitrogens with zero attached hydrogens (tertiary/aromatic N) is 1. The van der Waals surface area contributed by atoms with Gasteiger partial charge in [-0.15, -0.1) is 0 Å². The molecule has 88 valence electrons. The minimum absolute atomic E-state index is 0.0110. The summed E-state index contributed by atoms with van der Waals surface area (Å²) in [4.78, 5) is 9.84. The molecule has 1 aromatic carbocycles. The first kappa shape index (κ1) is 13.0. The molecule has 0 saturated carbocycles. The van der Waals surface area contributed by atoms with E-state index in [-0.39, 0.29) is 4.75 Å². The average Bonchev–Trinajstić information content (AvgIpc) is 2.14. The Morgan fingerprint density at radius 2 is 2.06 bits per heavy atom. The summed E-state index contributed by atoms with van der Waals surface area (Å²) in [6.45, 7) is 6.06. The number of halogens is 1. The van der Waals surface area contributed by atoms with Crippen LogP contribution in [0, 0.1) is 15.9 Å². The van der Waals surface area contributed by atoms with E-state index < -0.39 is 16.4 Å². The zero-order valence-corrected chi connectivity index (χ0v) is 10.3. The standard InChI is InChI=1S/C11H14FNO2S/c1-11(2,3)16-7-8-5-4-6-9(10(8)12)13(14)15/h4-6H,7H2,1-3H3. The van der Waals surface area contributed by atoms with Gasteiger partial charge in [0.15, 0.2) is 0 Å². The lowest BCUT2D eigenvalue weighted by Crippen LogP contribution is -2.08. The lowest BCUT2D eigenvalue weighted by atomic mass is 10.2. The Hall–Kier alpha value is -1.10. The van der Waals surface area contributed by atoms with Crippen molar-refractivity contribution in [3.05, 3.63) is 39.7 Å². The lowest BCUT2D eigenvalue weighted by molar-refractivity contribution is -0.387. The van der Waals surface area contributed by atoms with Crippen LogP contribution in [0.15, 0.2) is 18.2 Å². The van der Waals surface area contributed by atoms with Gasteiger partial charge in [0.1, 0.15) is 0 Å². The van der Waals surface area contributed by atoms with Crippen molar-refractivity contribution in [2.24, 2.45) is 0 Å². The molecule has 0 spiro atoms. The third kappa shape index (κ3) is 3.48. The van der Waals surface area contributed by atoms with Crippen molar-refractivity contribution < 1.29 is 9.31 Å². The van der Waals surface area contributed by atoms with Gasteiger partial charge in [0.25, 0.3) is 0 Å². The van der Waals surface area contributed by atoms with E-state index in [1.165, 1.54) is 12.1 Å². The molecule has 3 nitrogen and oxygen atoms in total. The number of nitro benzene ring substituents is 1. The van der Waals surface area contributed by atoms with E-state index >= 15 is 0 Å². The molecule has 0 heterocycles. The van der Waals surface area contributed by atoms with E-state index in [1.807, 2.05) is 20.8 Å². The third-order valence-electron chi connectivity index (χ3n) is 1.92. The van der Waals surface area contributed by atoms with Gasteiger partial charge < -0.3 is 0 Å². The predicted octanol–water partition coefficient (Wildman–Crippen LogP) is 3.77. The molecule has 0 unspecified atom stereocenters. The van der Waals surface area contributed by atoms with Crippen molar-refractivity contribution in [3.8, 4) is 0 Å². The molecule has 0 aliphatic carbocycles. The van der Waals surface area contributed by atoms with Crippen LogP contribution in [0.1, 0.15) is 26.3 Å². The largest absolute Gasteiger partial charge is 0.305 e. The fraction of sp³-hybridized carbons (Fsp3) is 0.455. The number of rotatable bonds is 3. The Labute approximate surface area is 98.2 Å². The number of benzene rings is 1. The smallest absolute Gasteiger partial charge is 0.258 e. The first-order valence-electron chi connectivity index (χ1n) is 4.87. The maximum Gasteiger partial charge on any atom is 0.305 e. The summed E-state index contributed by atoms with van der Waals surface area (Å²) >= 11 is 1.56. The predicted molar refractivity (Wildman–Crippen MR) is 64.1 cm³/mol. The van der Waals surface area contributed by atoms with Crippen LogP contribution in [0.2, 0.25) is 0 Å². The van der Waals surface area contributed by atoms with Gasteiger partial charge in [-0.1, -0.05) is 32.9 Å². The average molecular weight is 243 g/mol. The summed E-state index contributed by atoms with van der Waals surface area (Å²) in [5, 5.41) is 10.5. The maximum absolute atomic E-state index is 13.6. The molecule has 0 atom stereocenters. The molecule has 0 amide bonds. The molecule has 0 N–H and O–H groups in total. The summed E-state index contributed by atoms with van der Waals surface area (Å²) < 4.78 is 13.7. The molecule has 0 bridgehead atoms. The van der Waals surface area contributed by atoms with Gasteiger partial charge in [-0.2, -0.15) is 16.2 Å². The Kier molecular flexibility index (Phi) is 3.91. The lowest BCUT2D eigenvalue weighted by Gasteiger charge is -2.17. The van der Waals surface area contributed by atoms with Gasteiger partial charge in [0.05, 0.1) is 4.92 Å². The highest BCUT2D eigenvalue weighted by Crippen LogP contribution is 2.30. The van der Waals surface area contributed by atoms with Crippen LogP contribution in [0.3, 0.4) is 0 Å². The highest BCUT2D eigenvalue weighted by atomic mass is 32.2. The second kappa shape index (κ2) is 4.82. The molecule has 5 heteroatoms. The first-order chi connectivity index (χ1) is 7.31. The van der Waals surface area contributed by atoms with Gasteiger partial charge in [0, 0.05) is 22.1 Å². The molecule has 0 fully saturated rings. The quantitative estimate of drug-likeness (QED) is 0.599. The van der Waals surface area contributed by atoms with Crippen molar-refractivity contribution >= 4 is 17.4 Å². The highest BCUT2D eigenvalue weighted by Gasteiger charge is 2.19. The molecule has 0 aromatic heterocycles. The Bertz CT molecular complexity index is 401. The molecule has 0 saturated heterocycles.